The Hall–Kier alpha value is -2.64. The zero-order valence-corrected chi connectivity index (χ0v) is 15.8. The molecule has 0 spiro atoms. The highest BCUT2D eigenvalue weighted by Crippen LogP contribution is 2.26. The fourth-order valence-electron chi connectivity index (χ4n) is 3.70. The Morgan fingerprint density at radius 2 is 2.07 bits per heavy atom. The van der Waals surface area contributed by atoms with Crippen molar-refractivity contribution in [2.75, 3.05) is 24.5 Å². The Bertz CT molecular complexity index is 784. The third-order valence-electron chi connectivity index (χ3n) is 5.42. The second kappa shape index (κ2) is 7.17. The molecule has 0 saturated carbocycles. The van der Waals surface area contributed by atoms with Crippen molar-refractivity contribution in [2.24, 2.45) is 0 Å². The number of anilines is 1. The highest BCUT2D eigenvalue weighted by atomic mass is 19.1. The van der Waals surface area contributed by atoms with E-state index in [0.717, 1.165) is 11.3 Å². The first kappa shape index (κ1) is 19.1. The average Bonchev–Trinajstić information content (AvgIpc) is 2.87. The van der Waals surface area contributed by atoms with Crippen LogP contribution in [0.3, 0.4) is 0 Å². The van der Waals surface area contributed by atoms with E-state index in [-0.39, 0.29) is 30.6 Å². The van der Waals surface area contributed by atoms with Crippen LogP contribution in [0, 0.1) is 12.7 Å². The van der Waals surface area contributed by atoms with Crippen LogP contribution in [0.25, 0.3) is 0 Å². The molecule has 2 aliphatic rings. The van der Waals surface area contributed by atoms with Crippen LogP contribution in [0.1, 0.15) is 32.3 Å². The number of imide groups is 1. The molecular formula is C19H25FN4O3. The smallest absolute Gasteiger partial charge is 0.322 e. The molecule has 7 nitrogen and oxygen atoms in total. The number of carbonyl (C=O) groups is 3. The lowest BCUT2D eigenvalue weighted by Gasteiger charge is -2.42. The number of amides is 4. The van der Waals surface area contributed by atoms with Crippen LogP contribution in [0.15, 0.2) is 18.2 Å². The number of nitrogens with zero attached hydrogens (tertiary/aromatic N) is 2. The van der Waals surface area contributed by atoms with Gasteiger partial charge in [-0.1, -0.05) is 6.07 Å². The normalized spacial score (nSPS) is 25.4. The number of piperazine rings is 1. The molecule has 4 amide bonds. The van der Waals surface area contributed by atoms with Gasteiger partial charge in [0.25, 0.3) is 5.91 Å². The summed E-state index contributed by atoms with van der Waals surface area (Å²) < 4.78 is 13.6. The number of hydrogen-bond donors (Lipinski definition) is 2. The van der Waals surface area contributed by atoms with Gasteiger partial charge in [0, 0.05) is 37.8 Å². The number of hydrogen-bond acceptors (Lipinski definition) is 4. The molecular weight excluding hydrogens is 351 g/mol. The second-order valence-corrected chi connectivity index (χ2v) is 7.55. The van der Waals surface area contributed by atoms with Gasteiger partial charge in [-0.05, 0) is 44.9 Å². The number of aryl methyl sites for hydroxylation is 1. The molecule has 1 unspecified atom stereocenters. The van der Waals surface area contributed by atoms with Crippen LogP contribution in [-0.2, 0) is 9.59 Å². The lowest BCUT2D eigenvalue weighted by Crippen LogP contribution is -2.54. The molecule has 0 aliphatic carbocycles. The Morgan fingerprint density at radius 3 is 2.70 bits per heavy atom. The maximum atomic E-state index is 13.6. The SMILES string of the molecule is Cc1ccc(F)cc1N1CCN(C(=O)CCC2(C)NC(=O)NC2=O)C[C@@H]1C. The van der Waals surface area contributed by atoms with Gasteiger partial charge in [-0.15, -0.1) is 0 Å². The molecule has 2 fully saturated rings. The molecule has 3 rings (SSSR count). The molecule has 0 bridgehead atoms. The highest BCUT2D eigenvalue weighted by Gasteiger charge is 2.42. The highest BCUT2D eigenvalue weighted by molar-refractivity contribution is 6.06. The van der Waals surface area contributed by atoms with Crippen LogP contribution < -0.4 is 15.5 Å². The predicted octanol–water partition coefficient (Wildman–Crippen LogP) is 1.55. The molecule has 27 heavy (non-hydrogen) atoms. The van der Waals surface area contributed by atoms with Crippen LogP contribution in [0.4, 0.5) is 14.9 Å². The quantitative estimate of drug-likeness (QED) is 0.782. The van der Waals surface area contributed by atoms with E-state index in [0.29, 0.717) is 19.6 Å². The topological polar surface area (TPSA) is 81.8 Å². The van der Waals surface area contributed by atoms with Crippen molar-refractivity contribution >= 4 is 23.5 Å². The second-order valence-electron chi connectivity index (χ2n) is 7.55. The summed E-state index contributed by atoms with van der Waals surface area (Å²) in [6.07, 6.45) is 0.427. The fraction of sp³-hybridized carbons (Fsp3) is 0.526. The third kappa shape index (κ3) is 3.89. The number of nitrogens with one attached hydrogen (secondary N) is 2. The summed E-state index contributed by atoms with van der Waals surface area (Å²) in [5.41, 5.74) is 0.810. The number of rotatable bonds is 4. The first-order valence-electron chi connectivity index (χ1n) is 9.14. The van der Waals surface area contributed by atoms with Crippen LogP contribution in [0.2, 0.25) is 0 Å². The summed E-state index contributed by atoms with van der Waals surface area (Å²) in [5, 5.41) is 4.77. The molecule has 1 aromatic rings. The van der Waals surface area contributed by atoms with E-state index in [1.807, 2.05) is 13.8 Å². The van der Waals surface area contributed by atoms with E-state index in [4.69, 9.17) is 0 Å². The van der Waals surface area contributed by atoms with Crippen molar-refractivity contribution in [1.29, 1.82) is 0 Å². The van der Waals surface area contributed by atoms with Crippen LogP contribution in [-0.4, -0.2) is 54.0 Å². The minimum atomic E-state index is -1.04. The zero-order valence-electron chi connectivity index (χ0n) is 15.8. The number of urea groups is 1. The van der Waals surface area contributed by atoms with E-state index in [1.54, 1.807) is 17.9 Å². The Kier molecular flexibility index (Phi) is 5.08. The summed E-state index contributed by atoms with van der Waals surface area (Å²) in [7, 11) is 0. The van der Waals surface area contributed by atoms with E-state index in [1.165, 1.54) is 12.1 Å². The van der Waals surface area contributed by atoms with Crippen molar-refractivity contribution in [2.45, 2.75) is 45.2 Å². The third-order valence-corrected chi connectivity index (χ3v) is 5.42. The van der Waals surface area contributed by atoms with Gasteiger partial charge in [0.2, 0.25) is 5.91 Å². The molecule has 8 heteroatoms. The van der Waals surface area contributed by atoms with E-state index >= 15 is 0 Å². The predicted molar refractivity (Wildman–Crippen MR) is 98.8 cm³/mol. The van der Waals surface area contributed by atoms with E-state index in [2.05, 4.69) is 15.5 Å². The summed E-state index contributed by atoms with van der Waals surface area (Å²) >= 11 is 0. The van der Waals surface area contributed by atoms with Gasteiger partial charge in [0.1, 0.15) is 11.4 Å². The van der Waals surface area contributed by atoms with Gasteiger partial charge in [0.05, 0.1) is 0 Å². The molecule has 2 heterocycles. The molecule has 0 radical (unpaired) electrons. The van der Waals surface area contributed by atoms with Gasteiger partial charge < -0.3 is 15.1 Å². The first-order chi connectivity index (χ1) is 12.7. The van der Waals surface area contributed by atoms with E-state index in [9.17, 15) is 18.8 Å². The summed E-state index contributed by atoms with van der Waals surface area (Å²) in [6.45, 7) is 7.26. The number of halogens is 1. The Balaban J connectivity index is 1.59. The van der Waals surface area contributed by atoms with Crippen molar-refractivity contribution in [1.82, 2.24) is 15.5 Å². The minimum absolute atomic E-state index is 0.0485. The first-order valence-corrected chi connectivity index (χ1v) is 9.14. The average molecular weight is 376 g/mol. The van der Waals surface area contributed by atoms with Crippen LogP contribution in [0.5, 0.6) is 0 Å². The van der Waals surface area contributed by atoms with Gasteiger partial charge >= 0.3 is 6.03 Å². The van der Waals surface area contributed by atoms with Crippen LogP contribution >= 0.6 is 0 Å². The monoisotopic (exact) mass is 376 g/mol. The maximum Gasteiger partial charge on any atom is 0.322 e. The molecule has 146 valence electrons. The van der Waals surface area contributed by atoms with Crippen molar-refractivity contribution in [3.8, 4) is 0 Å². The van der Waals surface area contributed by atoms with E-state index < -0.39 is 17.5 Å². The van der Waals surface area contributed by atoms with Gasteiger partial charge in [-0.25, -0.2) is 9.18 Å². The molecule has 2 saturated heterocycles. The van der Waals surface area contributed by atoms with Crippen molar-refractivity contribution in [3.63, 3.8) is 0 Å². The largest absolute Gasteiger partial charge is 0.365 e. The Morgan fingerprint density at radius 1 is 1.33 bits per heavy atom. The lowest BCUT2D eigenvalue weighted by molar-refractivity contribution is -0.132. The number of carbonyl (C=O) groups excluding carboxylic acids is 3. The molecule has 0 aromatic heterocycles. The van der Waals surface area contributed by atoms with Crippen molar-refractivity contribution in [3.05, 3.63) is 29.6 Å². The minimum Gasteiger partial charge on any atom is -0.365 e. The standard InChI is InChI=1S/C19H25FN4O3/c1-12-4-5-14(20)10-15(12)24-9-8-23(11-13(24)2)16(25)6-7-19(3)17(26)21-18(27)22-19/h4-5,10,13H,6-9,11H2,1-3H3,(H2,21,22,26,27)/t13-,19?/m0/s1. The Labute approximate surface area is 157 Å². The molecule has 1 aromatic carbocycles. The molecule has 2 atom stereocenters. The molecule has 2 N–H and O–H groups in total. The van der Waals surface area contributed by atoms with Gasteiger partial charge in [-0.2, -0.15) is 0 Å². The van der Waals surface area contributed by atoms with Gasteiger partial charge in [-0.3, -0.25) is 14.9 Å². The fourth-order valence-corrected chi connectivity index (χ4v) is 3.70. The maximum absolute atomic E-state index is 13.6. The summed E-state index contributed by atoms with van der Waals surface area (Å²) in [4.78, 5) is 39.6. The number of benzene rings is 1. The zero-order chi connectivity index (χ0) is 19.8. The lowest BCUT2D eigenvalue weighted by atomic mass is 9.95. The summed E-state index contributed by atoms with van der Waals surface area (Å²) in [6, 6.07) is 4.26. The van der Waals surface area contributed by atoms with Gasteiger partial charge in [0.15, 0.2) is 0 Å². The molecule has 2 aliphatic heterocycles. The summed E-state index contributed by atoms with van der Waals surface area (Å²) in [5.74, 6) is -0.723. The van der Waals surface area contributed by atoms with Crippen molar-refractivity contribution < 1.29 is 18.8 Å².